The maximum absolute atomic E-state index is 13.8. The SMILES string of the molecule is O=C(Nc1ccccc1)c1c(-c2ccc(Cl)cc2)c2c3n(c(-c4ccccc4)nn13)CCCC2. The van der Waals surface area contributed by atoms with E-state index in [0.717, 1.165) is 65.2 Å². The van der Waals surface area contributed by atoms with Crippen molar-refractivity contribution in [3.8, 4) is 22.5 Å². The first-order valence-electron chi connectivity index (χ1n) is 11.5. The quantitative estimate of drug-likeness (QED) is 0.320. The van der Waals surface area contributed by atoms with Gasteiger partial charge in [0.25, 0.3) is 5.91 Å². The number of nitrogens with one attached hydrogen (secondary N) is 1. The predicted octanol–water partition coefficient (Wildman–Crippen LogP) is 6.71. The molecule has 5 aromatic rings. The Labute approximate surface area is 202 Å². The molecule has 3 heterocycles. The Morgan fingerprint density at radius 2 is 1.56 bits per heavy atom. The molecule has 0 aliphatic carbocycles. The molecule has 0 spiro atoms. The Bertz CT molecular complexity index is 1490. The molecule has 0 saturated carbocycles. The van der Waals surface area contributed by atoms with Crippen LogP contribution >= 0.6 is 11.6 Å². The molecule has 3 aromatic carbocycles. The van der Waals surface area contributed by atoms with Crippen molar-refractivity contribution in [3.63, 3.8) is 0 Å². The zero-order chi connectivity index (χ0) is 23.1. The Morgan fingerprint density at radius 3 is 2.29 bits per heavy atom. The summed E-state index contributed by atoms with van der Waals surface area (Å²) < 4.78 is 4.13. The van der Waals surface area contributed by atoms with Crippen LogP contribution in [0.15, 0.2) is 84.9 Å². The molecular weight excluding hydrogens is 444 g/mol. The molecule has 1 N–H and O–H groups in total. The van der Waals surface area contributed by atoms with Crippen LogP contribution in [0.5, 0.6) is 0 Å². The number of aryl methyl sites for hydroxylation is 2. The molecule has 168 valence electrons. The lowest BCUT2D eigenvalue weighted by Gasteiger charge is -2.10. The third kappa shape index (κ3) is 3.49. The highest BCUT2D eigenvalue weighted by atomic mass is 35.5. The normalized spacial score (nSPS) is 13.1. The van der Waals surface area contributed by atoms with E-state index in [0.29, 0.717) is 10.7 Å². The number of carbonyl (C=O) groups excluding carboxylic acids is 1. The zero-order valence-corrected chi connectivity index (χ0v) is 19.3. The van der Waals surface area contributed by atoms with Gasteiger partial charge in [-0.1, -0.05) is 72.3 Å². The first-order chi connectivity index (χ1) is 16.7. The third-order valence-electron chi connectivity index (χ3n) is 6.40. The van der Waals surface area contributed by atoms with E-state index in [1.54, 1.807) is 0 Å². The highest BCUT2D eigenvalue weighted by Gasteiger charge is 2.30. The van der Waals surface area contributed by atoms with E-state index in [1.807, 2.05) is 77.3 Å². The smallest absolute Gasteiger partial charge is 0.275 e. The van der Waals surface area contributed by atoms with Crippen LogP contribution < -0.4 is 5.32 Å². The van der Waals surface area contributed by atoms with E-state index >= 15 is 0 Å². The van der Waals surface area contributed by atoms with Gasteiger partial charge < -0.3 is 9.88 Å². The lowest BCUT2D eigenvalue weighted by atomic mass is 9.98. The van der Waals surface area contributed by atoms with Gasteiger partial charge in [0.15, 0.2) is 5.82 Å². The summed E-state index contributed by atoms with van der Waals surface area (Å²) in [5.74, 6) is 0.706. The summed E-state index contributed by atoms with van der Waals surface area (Å²) >= 11 is 6.19. The molecule has 6 heteroatoms. The number of amides is 1. The summed E-state index contributed by atoms with van der Waals surface area (Å²) in [4.78, 5) is 13.8. The van der Waals surface area contributed by atoms with E-state index in [4.69, 9.17) is 16.7 Å². The molecule has 0 bridgehead atoms. The van der Waals surface area contributed by atoms with E-state index in [2.05, 4.69) is 22.0 Å². The van der Waals surface area contributed by atoms with Gasteiger partial charge in [-0.2, -0.15) is 0 Å². The molecular formula is C28H23ClN4O. The second kappa shape index (κ2) is 8.50. The van der Waals surface area contributed by atoms with Gasteiger partial charge in [-0.3, -0.25) is 4.79 Å². The van der Waals surface area contributed by atoms with Gasteiger partial charge in [0, 0.05) is 33.9 Å². The van der Waals surface area contributed by atoms with Crippen LogP contribution in [0.25, 0.3) is 28.2 Å². The van der Waals surface area contributed by atoms with Gasteiger partial charge in [0.2, 0.25) is 0 Å². The van der Waals surface area contributed by atoms with Crippen LogP contribution in [-0.4, -0.2) is 20.1 Å². The second-order valence-electron chi connectivity index (χ2n) is 8.56. The Kier molecular flexibility index (Phi) is 5.19. The number of rotatable bonds is 4. The van der Waals surface area contributed by atoms with Crippen molar-refractivity contribution in [1.29, 1.82) is 0 Å². The summed E-state index contributed by atoms with van der Waals surface area (Å²) in [5, 5.41) is 8.76. The maximum Gasteiger partial charge on any atom is 0.275 e. The Morgan fingerprint density at radius 1 is 0.853 bits per heavy atom. The van der Waals surface area contributed by atoms with Crippen molar-refractivity contribution in [2.24, 2.45) is 0 Å². The van der Waals surface area contributed by atoms with Crippen molar-refractivity contribution in [3.05, 3.63) is 101 Å². The van der Waals surface area contributed by atoms with Crippen LogP contribution in [0.1, 0.15) is 28.9 Å². The van der Waals surface area contributed by atoms with Crippen molar-refractivity contribution < 1.29 is 4.79 Å². The van der Waals surface area contributed by atoms with Gasteiger partial charge in [-0.15, -0.1) is 5.10 Å². The third-order valence-corrected chi connectivity index (χ3v) is 6.65. The molecule has 1 aliphatic heterocycles. The lowest BCUT2D eigenvalue weighted by Crippen LogP contribution is -2.16. The molecule has 0 unspecified atom stereocenters. The van der Waals surface area contributed by atoms with Crippen LogP contribution in [0.4, 0.5) is 5.69 Å². The Balaban J connectivity index is 1.62. The first-order valence-corrected chi connectivity index (χ1v) is 11.9. The summed E-state index contributed by atoms with van der Waals surface area (Å²) in [5.41, 5.74) is 6.41. The average molecular weight is 467 g/mol. The molecule has 0 saturated heterocycles. The maximum atomic E-state index is 13.8. The molecule has 0 atom stereocenters. The molecule has 1 aliphatic rings. The number of aromatic nitrogens is 3. The van der Waals surface area contributed by atoms with Gasteiger partial charge in [0.1, 0.15) is 11.3 Å². The van der Waals surface area contributed by atoms with E-state index in [-0.39, 0.29) is 5.91 Å². The fourth-order valence-electron chi connectivity index (χ4n) is 4.89. The Hall–Kier alpha value is -3.83. The minimum atomic E-state index is -0.178. The number of halogens is 1. The van der Waals surface area contributed by atoms with Gasteiger partial charge >= 0.3 is 0 Å². The molecule has 34 heavy (non-hydrogen) atoms. The molecule has 0 radical (unpaired) electrons. The predicted molar refractivity (Wildman–Crippen MR) is 136 cm³/mol. The highest BCUT2D eigenvalue weighted by Crippen LogP contribution is 2.38. The van der Waals surface area contributed by atoms with E-state index in [9.17, 15) is 4.79 Å². The van der Waals surface area contributed by atoms with Crippen LogP contribution in [0.3, 0.4) is 0 Å². The van der Waals surface area contributed by atoms with Crippen LogP contribution in [-0.2, 0) is 13.0 Å². The van der Waals surface area contributed by atoms with E-state index in [1.165, 1.54) is 0 Å². The largest absolute Gasteiger partial charge is 0.321 e. The first kappa shape index (κ1) is 20.8. The van der Waals surface area contributed by atoms with Crippen LogP contribution in [0.2, 0.25) is 5.02 Å². The van der Waals surface area contributed by atoms with Gasteiger partial charge in [0.05, 0.1) is 0 Å². The van der Waals surface area contributed by atoms with Crippen molar-refractivity contribution in [1.82, 2.24) is 14.2 Å². The molecule has 1 amide bonds. The van der Waals surface area contributed by atoms with Crippen molar-refractivity contribution in [2.75, 3.05) is 5.32 Å². The number of nitrogens with zero attached hydrogens (tertiary/aromatic N) is 3. The number of hydrogen-bond donors (Lipinski definition) is 1. The zero-order valence-electron chi connectivity index (χ0n) is 18.5. The number of anilines is 1. The summed E-state index contributed by atoms with van der Waals surface area (Å²) in [6.45, 7) is 0.866. The molecule has 0 fully saturated rings. The monoisotopic (exact) mass is 466 g/mol. The second-order valence-corrected chi connectivity index (χ2v) is 9.00. The molecule has 6 rings (SSSR count). The van der Waals surface area contributed by atoms with Crippen molar-refractivity contribution in [2.45, 2.75) is 25.8 Å². The minimum Gasteiger partial charge on any atom is -0.321 e. The van der Waals surface area contributed by atoms with Gasteiger partial charge in [-0.05, 0) is 49.1 Å². The fourth-order valence-corrected chi connectivity index (χ4v) is 5.01. The van der Waals surface area contributed by atoms with Crippen molar-refractivity contribution >= 4 is 28.8 Å². The number of para-hydroxylation sites is 1. The minimum absolute atomic E-state index is 0.178. The summed E-state index contributed by atoms with van der Waals surface area (Å²) in [6.07, 6.45) is 3.00. The lowest BCUT2D eigenvalue weighted by molar-refractivity contribution is 0.102. The summed E-state index contributed by atoms with van der Waals surface area (Å²) in [7, 11) is 0. The standard InChI is InChI=1S/C28H23ClN4O/c29-21-16-14-19(15-17-21)24-23-13-7-8-18-32-26(20-9-3-1-4-10-20)31-33(28(23)32)25(24)27(34)30-22-11-5-2-6-12-22/h1-6,9-12,14-17H,7-8,13,18H2,(H,30,34). The molecule has 5 nitrogen and oxygen atoms in total. The molecule has 2 aromatic heterocycles. The number of hydrogen-bond acceptors (Lipinski definition) is 2. The topological polar surface area (TPSA) is 51.3 Å². The highest BCUT2D eigenvalue weighted by molar-refractivity contribution is 6.30. The van der Waals surface area contributed by atoms with Crippen LogP contribution in [0, 0.1) is 0 Å². The fraction of sp³-hybridized carbons (Fsp3) is 0.143. The van der Waals surface area contributed by atoms with Gasteiger partial charge in [-0.25, -0.2) is 4.52 Å². The number of carbonyl (C=O) groups is 1. The average Bonchev–Trinajstić information content (AvgIpc) is 3.29. The van der Waals surface area contributed by atoms with E-state index < -0.39 is 0 Å². The summed E-state index contributed by atoms with van der Waals surface area (Å²) in [6, 6.07) is 27.4. The number of benzene rings is 3.